The predicted molar refractivity (Wildman–Crippen MR) is 82.3 cm³/mol. The van der Waals surface area contributed by atoms with Crippen LogP contribution < -0.4 is 5.32 Å². The van der Waals surface area contributed by atoms with E-state index in [1.807, 2.05) is 6.92 Å². The largest absolute Gasteiger partial charge is 0.466 e. The summed E-state index contributed by atoms with van der Waals surface area (Å²) in [7, 11) is 0. The van der Waals surface area contributed by atoms with Gasteiger partial charge in [0.25, 0.3) is 0 Å². The van der Waals surface area contributed by atoms with Gasteiger partial charge in [0, 0.05) is 12.0 Å². The van der Waals surface area contributed by atoms with Crippen LogP contribution in [0.5, 0.6) is 0 Å². The number of halogens is 1. The Kier molecular flexibility index (Phi) is 10.0. The van der Waals surface area contributed by atoms with Gasteiger partial charge >= 0.3 is 5.97 Å². The van der Waals surface area contributed by atoms with E-state index in [1.54, 1.807) is 0 Å². The SMILES string of the molecule is Br.CCOC(=O)CCCNC(C)(C)CC(C)(C)C. The summed E-state index contributed by atoms with van der Waals surface area (Å²) in [6, 6.07) is 0. The molecule has 0 heterocycles. The van der Waals surface area contributed by atoms with Crippen LogP contribution in [0.15, 0.2) is 0 Å². The third kappa shape index (κ3) is 12.4. The molecule has 0 unspecified atom stereocenters. The maximum atomic E-state index is 11.1. The fourth-order valence-corrected chi connectivity index (χ4v) is 2.28. The molecule has 0 radical (unpaired) electrons. The van der Waals surface area contributed by atoms with Crippen LogP contribution in [0.2, 0.25) is 0 Å². The van der Waals surface area contributed by atoms with Crippen molar-refractivity contribution in [3.05, 3.63) is 0 Å². The first-order valence-corrected chi connectivity index (χ1v) is 6.57. The second-order valence-corrected chi connectivity index (χ2v) is 6.46. The zero-order valence-electron chi connectivity index (χ0n) is 12.8. The standard InChI is InChI=1S/C14H29NO2.BrH/c1-7-17-12(16)9-8-10-15-14(5,6)11-13(2,3)4;/h15H,7-11H2,1-6H3;1H. The molecule has 4 heteroatoms. The summed E-state index contributed by atoms with van der Waals surface area (Å²) in [5.74, 6) is -0.0945. The Bertz CT molecular complexity index is 234. The quantitative estimate of drug-likeness (QED) is 0.573. The van der Waals surface area contributed by atoms with E-state index >= 15 is 0 Å². The lowest BCUT2D eigenvalue weighted by atomic mass is 9.82. The fraction of sp³-hybridized carbons (Fsp3) is 0.929. The van der Waals surface area contributed by atoms with Gasteiger partial charge in [-0.15, -0.1) is 17.0 Å². The molecular formula is C14H30BrNO2. The molecule has 0 fully saturated rings. The number of nitrogens with one attached hydrogen (secondary N) is 1. The van der Waals surface area contributed by atoms with Gasteiger partial charge < -0.3 is 10.1 Å². The number of esters is 1. The van der Waals surface area contributed by atoms with E-state index < -0.39 is 0 Å². The Morgan fingerprint density at radius 1 is 1.17 bits per heavy atom. The van der Waals surface area contributed by atoms with Crippen LogP contribution in [0.4, 0.5) is 0 Å². The van der Waals surface area contributed by atoms with Crippen molar-refractivity contribution in [1.82, 2.24) is 5.32 Å². The van der Waals surface area contributed by atoms with Gasteiger partial charge in [0.15, 0.2) is 0 Å². The molecule has 0 amide bonds. The minimum atomic E-state index is -0.0945. The molecule has 0 aliphatic heterocycles. The summed E-state index contributed by atoms with van der Waals surface area (Å²) in [6.45, 7) is 14.3. The van der Waals surface area contributed by atoms with Crippen molar-refractivity contribution in [3.63, 3.8) is 0 Å². The first-order chi connectivity index (χ1) is 7.66. The summed E-state index contributed by atoms with van der Waals surface area (Å²) in [5.41, 5.74) is 0.435. The number of hydrogen-bond acceptors (Lipinski definition) is 3. The summed E-state index contributed by atoms with van der Waals surface area (Å²) in [6.07, 6.45) is 2.46. The highest BCUT2D eigenvalue weighted by Crippen LogP contribution is 2.26. The van der Waals surface area contributed by atoms with E-state index in [0.29, 0.717) is 18.4 Å². The summed E-state index contributed by atoms with van der Waals surface area (Å²) >= 11 is 0. The zero-order valence-corrected chi connectivity index (χ0v) is 14.5. The lowest BCUT2D eigenvalue weighted by Crippen LogP contribution is -2.42. The number of rotatable bonds is 7. The second kappa shape index (κ2) is 8.92. The molecule has 3 nitrogen and oxygen atoms in total. The molecule has 110 valence electrons. The van der Waals surface area contributed by atoms with Gasteiger partial charge in [0.2, 0.25) is 0 Å². The van der Waals surface area contributed by atoms with Crippen LogP contribution in [0, 0.1) is 5.41 Å². The van der Waals surface area contributed by atoms with Crippen molar-refractivity contribution in [2.45, 2.75) is 66.3 Å². The second-order valence-electron chi connectivity index (χ2n) is 6.46. The molecular weight excluding hydrogens is 294 g/mol. The molecule has 0 aromatic heterocycles. The molecule has 1 N–H and O–H groups in total. The fourth-order valence-electron chi connectivity index (χ4n) is 2.28. The third-order valence-electron chi connectivity index (χ3n) is 2.44. The minimum absolute atomic E-state index is 0. The zero-order chi connectivity index (χ0) is 13.5. The Hall–Kier alpha value is -0.0900. The Morgan fingerprint density at radius 2 is 1.72 bits per heavy atom. The van der Waals surface area contributed by atoms with Gasteiger partial charge in [-0.05, 0) is 45.6 Å². The van der Waals surface area contributed by atoms with E-state index in [4.69, 9.17) is 4.74 Å². The summed E-state index contributed by atoms with van der Waals surface area (Å²) < 4.78 is 4.89. The molecule has 0 spiro atoms. The molecule has 0 aliphatic rings. The molecule has 0 saturated heterocycles. The van der Waals surface area contributed by atoms with Gasteiger partial charge in [-0.1, -0.05) is 20.8 Å². The van der Waals surface area contributed by atoms with Gasteiger partial charge in [0.05, 0.1) is 6.61 Å². The van der Waals surface area contributed by atoms with Crippen LogP contribution in [0.1, 0.15) is 60.8 Å². The molecule has 0 bridgehead atoms. The smallest absolute Gasteiger partial charge is 0.305 e. The van der Waals surface area contributed by atoms with E-state index in [2.05, 4.69) is 39.9 Å². The molecule has 0 aliphatic carbocycles. The minimum Gasteiger partial charge on any atom is -0.466 e. The summed E-state index contributed by atoms with van der Waals surface area (Å²) in [4.78, 5) is 11.1. The number of hydrogen-bond donors (Lipinski definition) is 1. The van der Waals surface area contributed by atoms with Crippen molar-refractivity contribution in [2.24, 2.45) is 5.41 Å². The van der Waals surface area contributed by atoms with E-state index in [1.165, 1.54) is 0 Å². The molecule has 18 heavy (non-hydrogen) atoms. The topological polar surface area (TPSA) is 38.3 Å². The van der Waals surface area contributed by atoms with Gasteiger partial charge in [-0.25, -0.2) is 0 Å². The van der Waals surface area contributed by atoms with E-state index in [9.17, 15) is 4.79 Å². The lowest BCUT2D eigenvalue weighted by Gasteiger charge is -2.33. The molecule has 0 atom stereocenters. The molecule has 0 saturated carbocycles. The molecule has 0 aromatic rings. The van der Waals surface area contributed by atoms with Crippen LogP contribution in [0.3, 0.4) is 0 Å². The van der Waals surface area contributed by atoms with Gasteiger partial charge in [0.1, 0.15) is 0 Å². The van der Waals surface area contributed by atoms with Crippen LogP contribution in [-0.2, 0) is 9.53 Å². The van der Waals surface area contributed by atoms with Crippen molar-refractivity contribution in [1.29, 1.82) is 0 Å². The highest BCUT2D eigenvalue weighted by Gasteiger charge is 2.24. The summed E-state index contributed by atoms with van der Waals surface area (Å²) in [5, 5.41) is 3.51. The van der Waals surface area contributed by atoms with Gasteiger partial charge in [-0.2, -0.15) is 0 Å². The maximum absolute atomic E-state index is 11.1. The normalized spacial score (nSPS) is 11.9. The monoisotopic (exact) mass is 323 g/mol. The first kappa shape index (κ1) is 20.2. The average Bonchev–Trinajstić information content (AvgIpc) is 2.09. The Labute approximate surface area is 123 Å². The van der Waals surface area contributed by atoms with E-state index in [-0.39, 0.29) is 28.5 Å². The van der Waals surface area contributed by atoms with Crippen LogP contribution in [0.25, 0.3) is 0 Å². The highest BCUT2D eigenvalue weighted by atomic mass is 79.9. The number of carbonyl (C=O) groups excluding carboxylic acids is 1. The third-order valence-corrected chi connectivity index (χ3v) is 2.44. The lowest BCUT2D eigenvalue weighted by molar-refractivity contribution is -0.143. The van der Waals surface area contributed by atoms with Crippen molar-refractivity contribution < 1.29 is 9.53 Å². The van der Waals surface area contributed by atoms with Crippen molar-refractivity contribution >= 4 is 23.0 Å². The van der Waals surface area contributed by atoms with Crippen molar-refractivity contribution in [2.75, 3.05) is 13.2 Å². The first-order valence-electron chi connectivity index (χ1n) is 6.57. The number of ether oxygens (including phenoxy) is 1. The molecule has 0 aromatic carbocycles. The highest BCUT2D eigenvalue weighted by molar-refractivity contribution is 8.93. The average molecular weight is 324 g/mol. The number of carbonyl (C=O) groups is 1. The predicted octanol–water partition coefficient (Wildman–Crippen LogP) is 3.71. The van der Waals surface area contributed by atoms with Crippen LogP contribution >= 0.6 is 17.0 Å². The van der Waals surface area contributed by atoms with E-state index in [0.717, 1.165) is 19.4 Å². The maximum Gasteiger partial charge on any atom is 0.305 e. The van der Waals surface area contributed by atoms with Crippen LogP contribution in [-0.4, -0.2) is 24.7 Å². The van der Waals surface area contributed by atoms with Gasteiger partial charge in [-0.3, -0.25) is 4.79 Å². The Morgan fingerprint density at radius 3 is 2.17 bits per heavy atom. The molecule has 0 rings (SSSR count). The Balaban J connectivity index is 0. The van der Waals surface area contributed by atoms with Crippen molar-refractivity contribution in [3.8, 4) is 0 Å².